The zero-order valence-corrected chi connectivity index (χ0v) is 11.0. The first kappa shape index (κ1) is 14.3. The first-order chi connectivity index (χ1) is 8.45. The maximum absolute atomic E-state index is 14.1. The summed E-state index contributed by atoms with van der Waals surface area (Å²) in [4.78, 5) is 20.4. The average molecular weight is 254 g/mol. The van der Waals surface area contributed by atoms with Gasteiger partial charge in [-0.25, -0.2) is 14.4 Å². The van der Waals surface area contributed by atoms with Gasteiger partial charge in [-0.15, -0.1) is 0 Å². The molecule has 1 heterocycles. The predicted octanol–water partition coefficient (Wildman–Crippen LogP) is 1.13. The highest BCUT2D eigenvalue weighted by molar-refractivity contribution is 5.79. The van der Waals surface area contributed by atoms with Crippen LogP contribution in [-0.2, 0) is 11.2 Å². The van der Waals surface area contributed by atoms with Crippen LogP contribution in [0.2, 0.25) is 0 Å². The Bertz CT molecular complexity index is 423. The van der Waals surface area contributed by atoms with Crippen LogP contribution in [0.3, 0.4) is 0 Å². The van der Waals surface area contributed by atoms with Crippen LogP contribution in [-0.4, -0.2) is 29.0 Å². The fraction of sp³-hybridized carbons (Fsp3) is 0.583. The summed E-state index contributed by atoms with van der Waals surface area (Å²) in [5.41, 5.74) is 5.53. The molecule has 0 saturated heterocycles. The lowest BCUT2D eigenvalue weighted by Crippen LogP contribution is -2.37. The molecule has 0 atom stereocenters. The number of carbonyl (C=O) groups excluding carboxylic acids is 1. The number of carbonyl (C=O) groups is 1. The molecule has 1 aromatic rings. The van der Waals surface area contributed by atoms with Crippen LogP contribution in [0.15, 0.2) is 6.33 Å². The number of nitrogens with two attached hydrogens (primary N) is 1. The Kier molecular flexibility index (Phi) is 5.00. The first-order valence-electron chi connectivity index (χ1n) is 5.98. The number of rotatable bonds is 6. The van der Waals surface area contributed by atoms with Gasteiger partial charge in [0.25, 0.3) is 0 Å². The smallest absolute Gasteiger partial charge is 0.237 e. The molecule has 0 aliphatic rings. The van der Waals surface area contributed by atoms with E-state index in [-0.39, 0.29) is 18.3 Å². The van der Waals surface area contributed by atoms with Gasteiger partial charge in [0.2, 0.25) is 5.91 Å². The summed E-state index contributed by atoms with van der Waals surface area (Å²) in [7, 11) is 0. The van der Waals surface area contributed by atoms with Crippen LogP contribution in [0.1, 0.15) is 26.5 Å². The Morgan fingerprint density at radius 2 is 2.17 bits per heavy atom. The predicted molar refractivity (Wildman–Crippen MR) is 67.6 cm³/mol. The molecular weight excluding hydrogens is 235 g/mol. The number of aromatic nitrogens is 2. The number of hydrogen-bond donors (Lipinski definition) is 1. The number of halogens is 1. The van der Waals surface area contributed by atoms with Crippen LogP contribution in [0.25, 0.3) is 0 Å². The van der Waals surface area contributed by atoms with Crippen molar-refractivity contribution in [2.45, 2.75) is 27.2 Å². The lowest BCUT2D eigenvalue weighted by Gasteiger charge is -2.24. The van der Waals surface area contributed by atoms with Gasteiger partial charge in [0.1, 0.15) is 6.33 Å². The minimum atomic E-state index is -0.508. The summed E-state index contributed by atoms with van der Waals surface area (Å²) in [6.07, 6.45) is 1.79. The van der Waals surface area contributed by atoms with Gasteiger partial charge in [-0.3, -0.25) is 4.79 Å². The Hall–Kier alpha value is -1.72. The van der Waals surface area contributed by atoms with E-state index < -0.39 is 11.7 Å². The highest BCUT2D eigenvalue weighted by Crippen LogP contribution is 2.19. The second kappa shape index (κ2) is 6.28. The lowest BCUT2D eigenvalue weighted by molar-refractivity contribution is -0.116. The zero-order valence-electron chi connectivity index (χ0n) is 11.0. The van der Waals surface area contributed by atoms with Crippen molar-refractivity contribution >= 4 is 11.7 Å². The molecule has 1 amide bonds. The van der Waals surface area contributed by atoms with E-state index in [1.807, 2.05) is 20.8 Å². The molecule has 0 spiro atoms. The third kappa shape index (κ3) is 3.65. The molecule has 0 bridgehead atoms. The number of aryl methyl sites for hydroxylation is 1. The molecule has 1 rings (SSSR count). The van der Waals surface area contributed by atoms with E-state index >= 15 is 0 Å². The van der Waals surface area contributed by atoms with E-state index in [0.29, 0.717) is 18.7 Å². The van der Waals surface area contributed by atoms with Gasteiger partial charge < -0.3 is 10.6 Å². The van der Waals surface area contributed by atoms with Crippen molar-refractivity contribution in [3.8, 4) is 0 Å². The second-order valence-corrected chi connectivity index (χ2v) is 4.55. The fourth-order valence-electron chi connectivity index (χ4n) is 1.72. The molecule has 0 saturated carbocycles. The number of hydrogen-bond acceptors (Lipinski definition) is 4. The second-order valence-electron chi connectivity index (χ2n) is 4.55. The minimum absolute atomic E-state index is 0.0464. The molecule has 100 valence electrons. The average Bonchev–Trinajstić information content (AvgIpc) is 2.27. The summed E-state index contributed by atoms with van der Waals surface area (Å²) in [5.74, 6) is -0.563. The first-order valence-corrected chi connectivity index (χ1v) is 5.98. The molecule has 0 aliphatic heterocycles. The molecule has 0 fully saturated rings. The molecule has 2 N–H and O–H groups in total. The van der Waals surface area contributed by atoms with E-state index in [9.17, 15) is 9.18 Å². The van der Waals surface area contributed by atoms with Crippen molar-refractivity contribution in [1.29, 1.82) is 0 Å². The summed E-state index contributed by atoms with van der Waals surface area (Å²) in [5, 5.41) is 0. The van der Waals surface area contributed by atoms with Gasteiger partial charge in [-0.2, -0.15) is 0 Å². The molecule has 6 heteroatoms. The summed E-state index contributed by atoms with van der Waals surface area (Å²) < 4.78 is 14.1. The fourth-order valence-corrected chi connectivity index (χ4v) is 1.72. The maximum atomic E-state index is 14.1. The lowest BCUT2D eigenvalue weighted by atomic mass is 10.2. The molecule has 0 radical (unpaired) electrons. The molecule has 0 unspecified atom stereocenters. The largest absolute Gasteiger partial charge is 0.368 e. The van der Waals surface area contributed by atoms with Crippen molar-refractivity contribution in [2.24, 2.45) is 11.7 Å². The standard InChI is InChI=1S/C12H19FN4O/c1-4-9-11(13)12(16-7-15-9)17(5-8(2)3)6-10(14)18/h7-8H,4-6H2,1-3H3,(H2,14,18). The van der Waals surface area contributed by atoms with E-state index in [2.05, 4.69) is 9.97 Å². The van der Waals surface area contributed by atoms with Gasteiger partial charge in [-0.05, 0) is 12.3 Å². The van der Waals surface area contributed by atoms with Crippen molar-refractivity contribution in [3.63, 3.8) is 0 Å². The van der Waals surface area contributed by atoms with Crippen LogP contribution in [0, 0.1) is 11.7 Å². The monoisotopic (exact) mass is 254 g/mol. The van der Waals surface area contributed by atoms with Crippen molar-refractivity contribution in [1.82, 2.24) is 9.97 Å². The summed E-state index contributed by atoms with van der Waals surface area (Å²) in [6.45, 7) is 6.24. The van der Waals surface area contributed by atoms with Crippen LogP contribution >= 0.6 is 0 Å². The van der Waals surface area contributed by atoms with Crippen LogP contribution < -0.4 is 10.6 Å². The normalized spacial score (nSPS) is 10.7. The SMILES string of the molecule is CCc1ncnc(N(CC(N)=O)CC(C)C)c1F. The topological polar surface area (TPSA) is 72.1 Å². The maximum Gasteiger partial charge on any atom is 0.237 e. The van der Waals surface area contributed by atoms with Crippen LogP contribution in [0.5, 0.6) is 0 Å². The number of primary amides is 1. The van der Waals surface area contributed by atoms with Crippen LogP contribution in [0.4, 0.5) is 10.2 Å². The summed E-state index contributed by atoms with van der Waals surface area (Å²) >= 11 is 0. The van der Waals surface area contributed by atoms with Crippen molar-refractivity contribution in [2.75, 3.05) is 18.0 Å². The number of nitrogens with zero attached hydrogens (tertiary/aromatic N) is 3. The molecule has 18 heavy (non-hydrogen) atoms. The zero-order chi connectivity index (χ0) is 13.7. The van der Waals surface area contributed by atoms with Crippen molar-refractivity contribution in [3.05, 3.63) is 17.8 Å². The van der Waals surface area contributed by atoms with E-state index in [4.69, 9.17) is 5.73 Å². The summed E-state index contributed by atoms with van der Waals surface area (Å²) in [6, 6.07) is 0. The Morgan fingerprint density at radius 3 is 2.67 bits per heavy atom. The molecule has 0 aromatic carbocycles. The quantitative estimate of drug-likeness (QED) is 0.826. The third-order valence-corrected chi connectivity index (χ3v) is 2.41. The van der Waals surface area contributed by atoms with Gasteiger partial charge in [0.05, 0.1) is 12.2 Å². The minimum Gasteiger partial charge on any atom is -0.368 e. The molecule has 5 nitrogen and oxygen atoms in total. The van der Waals surface area contributed by atoms with E-state index in [1.54, 1.807) is 4.90 Å². The number of amides is 1. The number of anilines is 1. The highest BCUT2D eigenvalue weighted by Gasteiger charge is 2.19. The van der Waals surface area contributed by atoms with Gasteiger partial charge in [0.15, 0.2) is 11.6 Å². The third-order valence-electron chi connectivity index (χ3n) is 2.41. The van der Waals surface area contributed by atoms with Gasteiger partial charge in [0, 0.05) is 6.54 Å². The van der Waals surface area contributed by atoms with E-state index in [0.717, 1.165) is 0 Å². The van der Waals surface area contributed by atoms with E-state index in [1.165, 1.54) is 6.33 Å². The molecular formula is C12H19FN4O. The highest BCUT2D eigenvalue weighted by atomic mass is 19.1. The Labute approximate surface area is 106 Å². The molecule has 1 aromatic heterocycles. The molecule has 0 aliphatic carbocycles. The van der Waals surface area contributed by atoms with Gasteiger partial charge >= 0.3 is 0 Å². The van der Waals surface area contributed by atoms with Crippen molar-refractivity contribution < 1.29 is 9.18 Å². The Balaban J connectivity index is 3.07. The van der Waals surface area contributed by atoms with Gasteiger partial charge in [-0.1, -0.05) is 20.8 Å². The Morgan fingerprint density at radius 1 is 1.50 bits per heavy atom.